The van der Waals surface area contributed by atoms with E-state index in [2.05, 4.69) is 10.2 Å². The number of nitrogens with one attached hydrogen (secondary N) is 1. The van der Waals surface area contributed by atoms with Crippen molar-refractivity contribution in [2.24, 2.45) is 0 Å². The van der Waals surface area contributed by atoms with Gasteiger partial charge in [-0.2, -0.15) is 5.10 Å². The lowest BCUT2D eigenvalue weighted by atomic mass is 10.1. The summed E-state index contributed by atoms with van der Waals surface area (Å²) >= 11 is 0. The Morgan fingerprint density at radius 1 is 1.50 bits per heavy atom. The number of rotatable bonds is 4. The Labute approximate surface area is 103 Å². The van der Waals surface area contributed by atoms with Crippen LogP contribution in [-0.2, 0) is 9.53 Å². The number of carbonyl (C=O) groups excluding carboxylic acids is 2. The lowest BCUT2D eigenvalue weighted by molar-refractivity contribution is -0.137. The van der Waals surface area contributed by atoms with Gasteiger partial charge in [0.05, 0.1) is 17.8 Å². The van der Waals surface area contributed by atoms with E-state index in [1.165, 1.54) is 6.08 Å². The normalized spacial score (nSPS) is 10.9. The predicted octanol–water partition coefficient (Wildman–Crippen LogP) is 1.95. The molecule has 0 radical (unpaired) electrons. The summed E-state index contributed by atoms with van der Waals surface area (Å²) in [6.07, 6.45) is 3.68. The molecule has 1 aromatic carbocycles. The SMILES string of the molecule is CCOC(=O)/C=C/c1n[nH]c2cc(C=O)ccc12. The molecule has 1 N–H and O–H groups in total. The highest BCUT2D eigenvalue weighted by molar-refractivity contribution is 5.94. The number of aromatic amines is 1. The average molecular weight is 244 g/mol. The van der Waals surface area contributed by atoms with Gasteiger partial charge in [-0.3, -0.25) is 9.89 Å². The Morgan fingerprint density at radius 3 is 3.06 bits per heavy atom. The van der Waals surface area contributed by atoms with E-state index in [9.17, 15) is 9.59 Å². The van der Waals surface area contributed by atoms with Gasteiger partial charge >= 0.3 is 5.97 Å². The first-order valence-corrected chi connectivity index (χ1v) is 5.52. The van der Waals surface area contributed by atoms with Gasteiger partial charge in [0.1, 0.15) is 6.29 Å². The summed E-state index contributed by atoms with van der Waals surface area (Å²) in [5.74, 6) is -0.404. The van der Waals surface area contributed by atoms with Crippen LogP contribution in [0.3, 0.4) is 0 Å². The third-order valence-corrected chi connectivity index (χ3v) is 2.42. The number of esters is 1. The van der Waals surface area contributed by atoms with Crippen molar-refractivity contribution in [3.8, 4) is 0 Å². The van der Waals surface area contributed by atoms with E-state index < -0.39 is 5.97 Å². The van der Waals surface area contributed by atoms with Crippen molar-refractivity contribution >= 4 is 29.2 Å². The number of H-pyrrole nitrogens is 1. The molecule has 0 saturated carbocycles. The maximum Gasteiger partial charge on any atom is 0.330 e. The molecule has 2 aromatic rings. The molecular weight excluding hydrogens is 232 g/mol. The third kappa shape index (κ3) is 2.45. The molecule has 18 heavy (non-hydrogen) atoms. The molecule has 92 valence electrons. The molecule has 5 nitrogen and oxygen atoms in total. The van der Waals surface area contributed by atoms with Crippen LogP contribution in [0.2, 0.25) is 0 Å². The van der Waals surface area contributed by atoms with Gasteiger partial charge in [-0.05, 0) is 25.1 Å². The molecule has 0 aliphatic rings. The summed E-state index contributed by atoms with van der Waals surface area (Å²) in [5, 5.41) is 7.72. The van der Waals surface area contributed by atoms with Gasteiger partial charge in [0, 0.05) is 17.0 Å². The van der Waals surface area contributed by atoms with Crippen molar-refractivity contribution in [2.45, 2.75) is 6.92 Å². The van der Waals surface area contributed by atoms with E-state index in [-0.39, 0.29) is 0 Å². The van der Waals surface area contributed by atoms with Crippen molar-refractivity contribution in [3.63, 3.8) is 0 Å². The summed E-state index contributed by atoms with van der Waals surface area (Å²) in [5.41, 5.74) is 1.96. The highest BCUT2D eigenvalue weighted by Crippen LogP contribution is 2.17. The molecule has 0 spiro atoms. The largest absolute Gasteiger partial charge is 0.463 e. The molecule has 0 unspecified atom stereocenters. The fraction of sp³-hybridized carbons (Fsp3) is 0.154. The van der Waals surface area contributed by atoms with Gasteiger partial charge in [-0.15, -0.1) is 0 Å². The Bertz CT molecular complexity index is 614. The van der Waals surface area contributed by atoms with Crippen LogP contribution >= 0.6 is 0 Å². The molecular formula is C13H12N2O3. The van der Waals surface area contributed by atoms with Gasteiger partial charge in [-0.25, -0.2) is 4.79 Å². The number of nitrogens with zero attached hydrogens (tertiary/aromatic N) is 1. The lowest BCUT2D eigenvalue weighted by Crippen LogP contribution is -1.98. The second-order valence-corrected chi connectivity index (χ2v) is 3.62. The monoisotopic (exact) mass is 244 g/mol. The number of aromatic nitrogens is 2. The zero-order valence-electron chi connectivity index (χ0n) is 9.84. The maximum atomic E-state index is 11.2. The standard InChI is InChI=1S/C13H12N2O3/c1-2-18-13(17)6-5-11-10-4-3-9(8-16)7-12(10)15-14-11/h3-8H,2H2,1H3,(H,14,15)/b6-5+. The summed E-state index contributed by atoms with van der Waals surface area (Å²) in [4.78, 5) is 21.8. The van der Waals surface area contributed by atoms with Crippen molar-refractivity contribution in [2.75, 3.05) is 6.61 Å². The summed E-state index contributed by atoms with van der Waals surface area (Å²) in [7, 11) is 0. The van der Waals surface area contributed by atoms with Gasteiger partial charge < -0.3 is 4.74 Å². The minimum Gasteiger partial charge on any atom is -0.463 e. The first kappa shape index (κ1) is 12.0. The van der Waals surface area contributed by atoms with Gasteiger partial charge in [-0.1, -0.05) is 6.07 Å². The molecule has 0 saturated heterocycles. The van der Waals surface area contributed by atoms with Gasteiger partial charge in [0.2, 0.25) is 0 Å². The molecule has 1 heterocycles. The predicted molar refractivity (Wildman–Crippen MR) is 67.1 cm³/mol. The number of fused-ring (bicyclic) bond motifs is 1. The van der Waals surface area contributed by atoms with Crippen molar-refractivity contribution in [1.29, 1.82) is 0 Å². The minimum absolute atomic E-state index is 0.340. The lowest BCUT2D eigenvalue weighted by Gasteiger charge is -1.94. The molecule has 0 aliphatic heterocycles. The van der Waals surface area contributed by atoms with Crippen LogP contribution in [0.5, 0.6) is 0 Å². The van der Waals surface area contributed by atoms with E-state index in [4.69, 9.17) is 4.74 Å². The fourth-order valence-electron chi connectivity index (χ4n) is 1.60. The highest BCUT2D eigenvalue weighted by atomic mass is 16.5. The fourth-order valence-corrected chi connectivity index (χ4v) is 1.60. The van der Waals surface area contributed by atoms with E-state index >= 15 is 0 Å². The molecule has 5 heteroatoms. The smallest absolute Gasteiger partial charge is 0.330 e. The molecule has 0 amide bonds. The van der Waals surface area contributed by atoms with Crippen LogP contribution in [-0.4, -0.2) is 29.1 Å². The quantitative estimate of drug-likeness (QED) is 0.507. The number of hydrogen-bond donors (Lipinski definition) is 1. The highest BCUT2D eigenvalue weighted by Gasteiger charge is 2.04. The summed E-state index contributed by atoms with van der Waals surface area (Å²) < 4.78 is 4.78. The van der Waals surface area contributed by atoms with Crippen molar-refractivity contribution in [1.82, 2.24) is 10.2 Å². The molecule has 0 atom stereocenters. The van der Waals surface area contributed by atoms with Crippen LogP contribution in [0.25, 0.3) is 17.0 Å². The second-order valence-electron chi connectivity index (χ2n) is 3.62. The first-order chi connectivity index (χ1) is 8.74. The Hall–Kier alpha value is -2.43. The number of carbonyl (C=O) groups is 2. The third-order valence-electron chi connectivity index (χ3n) is 2.42. The van der Waals surface area contributed by atoms with E-state index in [1.54, 1.807) is 31.2 Å². The Kier molecular flexibility index (Phi) is 3.52. The van der Waals surface area contributed by atoms with Crippen LogP contribution in [0.15, 0.2) is 24.3 Å². The Morgan fingerprint density at radius 2 is 2.33 bits per heavy atom. The molecule has 0 fully saturated rings. The van der Waals surface area contributed by atoms with Crippen LogP contribution in [0.4, 0.5) is 0 Å². The van der Waals surface area contributed by atoms with Crippen LogP contribution < -0.4 is 0 Å². The molecule has 1 aromatic heterocycles. The molecule has 0 aliphatic carbocycles. The van der Waals surface area contributed by atoms with Crippen LogP contribution in [0.1, 0.15) is 23.0 Å². The first-order valence-electron chi connectivity index (χ1n) is 5.52. The average Bonchev–Trinajstić information content (AvgIpc) is 2.78. The number of benzene rings is 1. The second kappa shape index (κ2) is 5.27. The van der Waals surface area contributed by atoms with Crippen molar-refractivity contribution < 1.29 is 14.3 Å². The zero-order valence-corrected chi connectivity index (χ0v) is 9.84. The maximum absolute atomic E-state index is 11.2. The minimum atomic E-state index is -0.404. The topological polar surface area (TPSA) is 72.0 Å². The number of ether oxygens (including phenoxy) is 1. The van der Waals surface area contributed by atoms with E-state index in [0.717, 1.165) is 17.2 Å². The number of hydrogen-bond acceptors (Lipinski definition) is 4. The zero-order chi connectivity index (χ0) is 13.0. The van der Waals surface area contributed by atoms with Gasteiger partial charge in [0.15, 0.2) is 0 Å². The van der Waals surface area contributed by atoms with E-state index in [0.29, 0.717) is 17.9 Å². The summed E-state index contributed by atoms with van der Waals surface area (Å²) in [6.45, 7) is 2.09. The van der Waals surface area contributed by atoms with E-state index in [1.807, 2.05) is 0 Å². The molecule has 0 bridgehead atoms. The summed E-state index contributed by atoms with van der Waals surface area (Å²) in [6, 6.07) is 5.19. The van der Waals surface area contributed by atoms with Gasteiger partial charge in [0.25, 0.3) is 0 Å². The van der Waals surface area contributed by atoms with Crippen LogP contribution in [0, 0.1) is 0 Å². The van der Waals surface area contributed by atoms with Crippen molar-refractivity contribution in [3.05, 3.63) is 35.5 Å². The Balaban J connectivity index is 2.29. The number of aldehydes is 1. The molecule has 2 rings (SSSR count).